The number of aliphatic hydroxyl groups is 5. The van der Waals surface area contributed by atoms with E-state index in [4.69, 9.17) is 33.2 Å². The lowest BCUT2D eigenvalue weighted by atomic mass is 9.44. The minimum atomic E-state index is -1.62. The highest BCUT2D eigenvalue weighted by Crippen LogP contribution is 2.71. The number of carbonyl (C=O) groups is 2. The van der Waals surface area contributed by atoms with Gasteiger partial charge in [0.05, 0.1) is 32.0 Å². The van der Waals surface area contributed by atoms with Gasteiger partial charge in [0.25, 0.3) is 0 Å². The summed E-state index contributed by atoms with van der Waals surface area (Å²) in [6.07, 6.45) is -5.09. The van der Waals surface area contributed by atoms with E-state index in [1.165, 1.54) is 0 Å². The largest absolute Gasteiger partial charge is 0.454 e. The lowest BCUT2D eigenvalue weighted by Gasteiger charge is -2.60. The molecule has 0 aromatic heterocycles. The summed E-state index contributed by atoms with van der Waals surface area (Å²) in [5, 5.41) is 52.9. The van der Waals surface area contributed by atoms with Crippen LogP contribution in [-0.4, -0.2) is 130 Å². The molecule has 4 aliphatic heterocycles. The summed E-state index contributed by atoms with van der Waals surface area (Å²) >= 11 is 0. The topological polar surface area (TPSA) is 200 Å². The van der Waals surface area contributed by atoms with Crippen LogP contribution in [0, 0.1) is 52.3 Å². The van der Waals surface area contributed by atoms with Gasteiger partial charge in [0.1, 0.15) is 42.4 Å². The Labute approximate surface area is 317 Å². The molecule has 0 amide bonds. The van der Waals surface area contributed by atoms with E-state index in [-0.39, 0.29) is 41.8 Å². The second-order valence-corrected chi connectivity index (χ2v) is 18.8. The van der Waals surface area contributed by atoms with Gasteiger partial charge in [-0.3, -0.25) is 9.59 Å². The van der Waals surface area contributed by atoms with Crippen molar-refractivity contribution in [1.82, 2.24) is 0 Å². The van der Waals surface area contributed by atoms with E-state index in [9.17, 15) is 35.1 Å². The molecule has 4 saturated carbocycles. The molecule has 8 aliphatic rings. The second-order valence-electron chi connectivity index (χ2n) is 18.8. The van der Waals surface area contributed by atoms with Crippen LogP contribution in [0.5, 0.6) is 0 Å². The standard InChI is InChI=1S/C40H62O14/c1-18-6-11-40(50-15-18)19(2)30-28(54-40)14-24-22-13-26(42)25-12-21(7-9-38(25,4)23(22)8-10-39(24,30)5)52-36-34(47)33(46)32(45)29(53-36)17-49-37-35(51-20(3)41)31(44)27(43)16-48-37/h18-19,21-25,27-37,43-47H,6-17H2,1-5H3/t18-,19+,21+,22-,23+,24-,25-,27+,28+,29-,30+,31-,32-,33+,34-,35-,36-,37+,38-,39+,40-/m1/s1. The maximum atomic E-state index is 14.2. The van der Waals surface area contributed by atoms with Crippen molar-refractivity contribution in [2.45, 2.75) is 166 Å². The quantitative estimate of drug-likeness (QED) is 0.194. The Balaban J connectivity index is 0.906. The van der Waals surface area contributed by atoms with Crippen molar-refractivity contribution in [2.24, 2.45) is 52.3 Å². The van der Waals surface area contributed by atoms with Crippen molar-refractivity contribution in [3.63, 3.8) is 0 Å². The van der Waals surface area contributed by atoms with Crippen LogP contribution in [0.4, 0.5) is 0 Å². The molecule has 0 aromatic rings. The molecule has 5 N–H and O–H groups in total. The summed E-state index contributed by atoms with van der Waals surface area (Å²) in [6, 6.07) is 0. The third kappa shape index (κ3) is 6.42. The number of ketones is 1. The molecule has 0 bridgehead atoms. The van der Waals surface area contributed by atoms with Crippen LogP contribution in [0.15, 0.2) is 0 Å². The van der Waals surface area contributed by atoms with Gasteiger partial charge < -0.3 is 58.7 Å². The Morgan fingerprint density at radius 1 is 0.870 bits per heavy atom. The number of hydrogen-bond acceptors (Lipinski definition) is 14. The Morgan fingerprint density at radius 2 is 1.63 bits per heavy atom. The van der Waals surface area contributed by atoms with Gasteiger partial charge in [0.15, 0.2) is 24.5 Å². The van der Waals surface area contributed by atoms with Crippen molar-refractivity contribution in [3.05, 3.63) is 0 Å². The lowest BCUT2D eigenvalue weighted by Crippen LogP contribution is -2.61. The Hall–Kier alpha value is -1.30. The molecule has 4 heterocycles. The zero-order valence-corrected chi connectivity index (χ0v) is 32.3. The average molecular weight is 767 g/mol. The summed E-state index contributed by atoms with van der Waals surface area (Å²) in [6.45, 7) is 10.6. The second kappa shape index (κ2) is 14.5. The number of rotatable bonds is 6. The highest BCUT2D eigenvalue weighted by molar-refractivity contribution is 5.83. The number of hydrogen-bond donors (Lipinski definition) is 5. The van der Waals surface area contributed by atoms with Gasteiger partial charge in [-0.2, -0.15) is 0 Å². The molecule has 0 unspecified atom stereocenters. The molecule has 21 atom stereocenters. The van der Waals surface area contributed by atoms with Gasteiger partial charge in [-0.05, 0) is 85.4 Å². The van der Waals surface area contributed by atoms with Gasteiger partial charge >= 0.3 is 5.97 Å². The van der Waals surface area contributed by atoms with Crippen LogP contribution in [0.1, 0.15) is 92.4 Å². The van der Waals surface area contributed by atoms with E-state index in [0.717, 1.165) is 52.1 Å². The molecule has 14 nitrogen and oxygen atoms in total. The van der Waals surface area contributed by atoms with Gasteiger partial charge in [0.2, 0.25) is 0 Å². The Bertz CT molecular complexity index is 1400. The first kappa shape index (κ1) is 39.5. The zero-order chi connectivity index (χ0) is 38.5. The number of ether oxygens (including phenoxy) is 7. The first-order valence-electron chi connectivity index (χ1n) is 20.5. The molecule has 4 saturated heterocycles. The third-order valence-electron chi connectivity index (χ3n) is 15.8. The number of fused-ring (bicyclic) bond motifs is 7. The molecule has 8 rings (SSSR count). The van der Waals surface area contributed by atoms with Gasteiger partial charge in [-0.15, -0.1) is 0 Å². The first-order chi connectivity index (χ1) is 25.6. The van der Waals surface area contributed by atoms with E-state index in [2.05, 4.69) is 27.7 Å². The summed E-state index contributed by atoms with van der Waals surface area (Å²) in [5.41, 5.74) is -0.0689. The summed E-state index contributed by atoms with van der Waals surface area (Å²) in [7, 11) is 0. The predicted octanol–water partition coefficient (Wildman–Crippen LogP) is 1.83. The van der Waals surface area contributed by atoms with Crippen molar-refractivity contribution in [2.75, 3.05) is 19.8 Å². The molecule has 0 aromatic carbocycles. The summed E-state index contributed by atoms with van der Waals surface area (Å²) in [4.78, 5) is 25.9. The fourth-order valence-corrected chi connectivity index (χ4v) is 12.9. The zero-order valence-electron chi connectivity index (χ0n) is 32.3. The lowest BCUT2D eigenvalue weighted by molar-refractivity contribution is -0.330. The van der Waals surface area contributed by atoms with Crippen LogP contribution >= 0.6 is 0 Å². The molecular weight excluding hydrogens is 704 g/mol. The van der Waals surface area contributed by atoms with E-state index < -0.39 is 73.2 Å². The van der Waals surface area contributed by atoms with Crippen LogP contribution in [-0.2, 0) is 42.7 Å². The fourth-order valence-electron chi connectivity index (χ4n) is 12.9. The maximum absolute atomic E-state index is 14.2. The Kier molecular flexibility index (Phi) is 10.6. The highest BCUT2D eigenvalue weighted by atomic mass is 16.7. The van der Waals surface area contributed by atoms with Crippen LogP contribution in [0.25, 0.3) is 0 Å². The average Bonchev–Trinajstić information content (AvgIpc) is 3.58. The summed E-state index contributed by atoms with van der Waals surface area (Å²) < 4.78 is 42.0. The minimum Gasteiger partial charge on any atom is -0.454 e. The molecule has 14 heteroatoms. The maximum Gasteiger partial charge on any atom is 0.303 e. The SMILES string of the molecule is CC(=O)O[C@H]1[C@H](OC[C@H]2O[C@@H](O[C@H]3CC[C@@]4(C)[C@H](C3)C(=O)C[C@H]3[C@H]5C[C@@H]6O[C@]7(CC[C@@H](C)CO7)[C@@H](C)[C@@H]6[C@@]5(C)CC[C@@H]34)[C@H](O)[C@@H](O)[C@@H]2O)OC[C@H](O)[C@H]1O. The number of esters is 1. The molecule has 4 aliphatic carbocycles. The molecular formula is C40H62O14. The van der Waals surface area contributed by atoms with E-state index in [1.54, 1.807) is 0 Å². The predicted molar refractivity (Wildman–Crippen MR) is 187 cm³/mol. The minimum absolute atomic E-state index is 0.108. The number of Topliss-reactive ketones (excluding diaryl/α,β-unsaturated/α-hetero) is 1. The van der Waals surface area contributed by atoms with Gasteiger partial charge in [-0.1, -0.05) is 27.7 Å². The van der Waals surface area contributed by atoms with Gasteiger partial charge in [-0.25, -0.2) is 0 Å². The fraction of sp³-hybridized carbons (Fsp3) is 0.950. The molecule has 0 radical (unpaired) electrons. The van der Waals surface area contributed by atoms with Crippen molar-refractivity contribution >= 4 is 11.8 Å². The van der Waals surface area contributed by atoms with E-state index >= 15 is 0 Å². The van der Waals surface area contributed by atoms with Gasteiger partial charge in [0, 0.05) is 31.6 Å². The smallest absolute Gasteiger partial charge is 0.303 e. The number of carbonyl (C=O) groups excluding carboxylic acids is 2. The van der Waals surface area contributed by atoms with E-state index in [0.29, 0.717) is 54.8 Å². The number of aliphatic hydroxyl groups excluding tert-OH is 5. The van der Waals surface area contributed by atoms with Crippen LogP contribution in [0.3, 0.4) is 0 Å². The highest BCUT2D eigenvalue weighted by Gasteiger charge is 2.70. The summed E-state index contributed by atoms with van der Waals surface area (Å²) in [5.74, 6) is 1.37. The molecule has 54 heavy (non-hydrogen) atoms. The third-order valence-corrected chi connectivity index (χ3v) is 15.8. The van der Waals surface area contributed by atoms with Crippen molar-refractivity contribution in [1.29, 1.82) is 0 Å². The normalized spacial score (nSPS) is 55.8. The molecule has 306 valence electrons. The molecule has 1 spiro atoms. The monoisotopic (exact) mass is 766 g/mol. The first-order valence-corrected chi connectivity index (χ1v) is 20.5. The molecule has 8 fully saturated rings. The van der Waals surface area contributed by atoms with E-state index in [1.807, 2.05) is 0 Å². The Morgan fingerprint density at radius 3 is 2.35 bits per heavy atom. The van der Waals surface area contributed by atoms with Crippen LogP contribution < -0.4 is 0 Å². The van der Waals surface area contributed by atoms with Crippen molar-refractivity contribution < 1.29 is 68.3 Å². The van der Waals surface area contributed by atoms with Crippen molar-refractivity contribution in [3.8, 4) is 0 Å². The van der Waals surface area contributed by atoms with Crippen LogP contribution in [0.2, 0.25) is 0 Å².